The van der Waals surface area contributed by atoms with Crippen LogP contribution in [0.25, 0.3) is 0 Å². The number of nitrogens with one attached hydrogen (secondary N) is 2. The number of sulfonamides is 1. The molecule has 0 fully saturated rings. The Labute approximate surface area is 138 Å². The van der Waals surface area contributed by atoms with Gasteiger partial charge in [0.1, 0.15) is 11.6 Å². The molecule has 2 N–H and O–H groups in total. The molecule has 2 aromatic rings. The fourth-order valence-corrected chi connectivity index (χ4v) is 3.33. The van der Waals surface area contributed by atoms with Crippen LogP contribution in [0.3, 0.4) is 0 Å². The van der Waals surface area contributed by atoms with Gasteiger partial charge < -0.3 is 5.32 Å². The van der Waals surface area contributed by atoms with E-state index in [9.17, 15) is 22.0 Å². The van der Waals surface area contributed by atoms with Crippen molar-refractivity contribution in [3.63, 3.8) is 0 Å². The number of anilines is 1. The molecule has 2 aromatic carbocycles. The van der Waals surface area contributed by atoms with Crippen molar-refractivity contribution in [2.75, 3.05) is 11.9 Å². The first-order chi connectivity index (χ1) is 11.2. The Morgan fingerprint density at radius 2 is 1.79 bits per heavy atom. The van der Waals surface area contributed by atoms with Gasteiger partial charge in [-0.2, -0.15) is 0 Å². The van der Waals surface area contributed by atoms with Crippen LogP contribution in [0.15, 0.2) is 41.3 Å². The number of hydrogen-bond donors (Lipinski definition) is 2. The summed E-state index contributed by atoms with van der Waals surface area (Å²) >= 11 is 0. The fourth-order valence-electron chi connectivity index (χ4n) is 2.02. The van der Waals surface area contributed by atoms with E-state index in [2.05, 4.69) is 10.0 Å². The summed E-state index contributed by atoms with van der Waals surface area (Å²) in [5.41, 5.74) is 1.07. The first-order valence-corrected chi connectivity index (χ1v) is 8.49. The van der Waals surface area contributed by atoms with Crippen molar-refractivity contribution in [3.8, 4) is 0 Å². The van der Waals surface area contributed by atoms with Crippen molar-refractivity contribution in [1.29, 1.82) is 0 Å². The number of hydrogen-bond acceptors (Lipinski definition) is 3. The average Bonchev–Trinajstić information content (AvgIpc) is 2.50. The number of benzene rings is 2. The van der Waals surface area contributed by atoms with Gasteiger partial charge in [-0.3, -0.25) is 4.79 Å². The molecule has 0 radical (unpaired) electrons. The number of rotatable bonds is 5. The standard InChI is InChI=1S/C16H16F2N2O3S/c1-10-3-4-11(2)15(7-10)24(22,23)19-9-16(21)20-14-6-5-12(17)8-13(14)18/h3-8,19H,9H2,1-2H3,(H,20,21). The normalized spacial score (nSPS) is 11.3. The third kappa shape index (κ3) is 4.36. The van der Waals surface area contributed by atoms with E-state index in [0.29, 0.717) is 11.6 Å². The Morgan fingerprint density at radius 3 is 2.46 bits per heavy atom. The van der Waals surface area contributed by atoms with Crippen molar-refractivity contribution >= 4 is 21.6 Å². The zero-order chi connectivity index (χ0) is 17.9. The molecule has 0 aliphatic rings. The van der Waals surface area contributed by atoms with Gasteiger partial charge in [0.25, 0.3) is 0 Å². The molecule has 0 aliphatic heterocycles. The molecular weight excluding hydrogens is 338 g/mol. The molecule has 128 valence electrons. The van der Waals surface area contributed by atoms with Gasteiger partial charge in [-0.05, 0) is 43.2 Å². The maximum Gasteiger partial charge on any atom is 0.241 e. The molecule has 1 amide bonds. The zero-order valence-corrected chi connectivity index (χ0v) is 13.9. The minimum atomic E-state index is -3.88. The minimum Gasteiger partial charge on any atom is -0.322 e. The van der Waals surface area contributed by atoms with Crippen LogP contribution >= 0.6 is 0 Å². The topological polar surface area (TPSA) is 75.3 Å². The quantitative estimate of drug-likeness (QED) is 0.866. The summed E-state index contributed by atoms with van der Waals surface area (Å²) in [5, 5.41) is 2.18. The van der Waals surface area contributed by atoms with E-state index in [1.54, 1.807) is 26.0 Å². The maximum atomic E-state index is 13.5. The summed E-state index contributed by atoms with van der Waals surface area (Å²) in [6, 6.07) is 7.60. The smallest absolute Gasteiger partial charge is 0.241 e. The van der Waals surface area contributed by atoms with Gasteiger partial charge in [0.2, 0.25) is 15.9 Å². The number of carbonyl (C=O) groups excluding carboxylic acids is 1. The Morgan fingerprint density at radius 1 is 1.08 bits per heavy atom. The molecule has 0 saturated heterocycles. The van der Waals surface area contributed by atoms with E-state index in [-0.39, 0.29) is 10.6 Å². The third-order valence-electron chi connectivity index (χ3n) is 3.26. The van der Waals surface area contributed by atoms with Gasteiger partial charge in [-0.25, -0.2) is 21.9 Å². The van der Waals surface area contributed by atoms with Crippen LogP contribution in [0.4, 0.5) is 14.5 Å². The highest BCUT2D eigenvalue weighted by Gasteiger charge is 2.18. The Balaban J connectivity index is 2.06. The Bertz CT molecular complexity index is 883. The van der Waals surface area contributed by atoms with Crippen molar-refractivity contribution in [1.82, 2.24) is 4.72 Å². The van der Waals surface area contributed by atoms with E-state index in [1.165, 1.54) is 6.07 Å². The molecule has 0 heterocycles. The highest BCUT2D eigenvalue weighted by Crippen LogP contribution is 2.17. The highest BCUT2D eigenvalue weighted by atomic mass is 32.2. The van der Waals surface area contributed by atoms with Gasteiger partial charge in [-0.15, -0.1) is 0 Å². The molecule has 8 heteroatoms. The van der Waals surface area contributed by atoms with E-state index in [4.69, 9.17) is 0 Å². The molecule has 0 unspecified atom stereocenters. The predicted molar refractivity (Wildman–Crippen MR) is 86.1 cm³/mol. The lowest BCUT2D eigenvalue weighted by Gasteiger charge is -2.11. The zero-order valence-electron chi connectivity index (χ0n) is 13.1. The molecule has 0 spiro atoms. The Kier molecular flexibility index (Phi) is 5.30. The number of carbonyl (C=O) groups is 1. The van der Waals surface area contributed by atoms with Crippen LogP contribution in [0.1, 0.15) is 11.1 Å². The molecule has 0 aromatic heterocycles. The fraction of sp³-hybridized carbons (Fsp3) is 0.188. The lowest BCUT2D eigenvalue weighted by Crippen LogP contribution is -2.33. The van der Waals surface area contributed by atoms with Gasteiger partial charge in [0.15, 0.2) is 0 Å². The number of halogens is 2. The van der Waals surface area contributed by atoms with E-state index in [0.717, 1.165) is 17.7 Å². The van der Waals surface area contributed by atoms with Gasteiger partial charge >= 0.3 is 0 Å². The van der Waals surface area contributed by atoms with Gasteiger partial charge in [0, 0.05) is 6.07 Å². The lowest BCUT2D eigenvalue weighted by molar-refractivity contribution is -0.115. The number of aryl methyl sites for hydroxylation is 2. The van der Waals surface area contributed by atoms with Crippen molar-refractivity contribution in [3.05, 3.63) is 59.2 Å². The number of amides is 1. The van der Waals surface area contributed by atoms with Crippen molar-refractivity contribution < 1.29 is 22.0 Å². The van der Waals surface area contributed by atoms with Crippen LogP contribution in [0.2, 0.25) is 0 Å². The van der Waals surface area contributed by atoms with Gasteiger partial charge in [0.05, 0.1) is 17.1 Å². The molecule has 0 saturated carbocycles. The summed E-state index contributed by atoms with van der Waals surface area (Å²) in [4.78, 5) is 11.9. The molecule has 5 nitrogen and oxygen atoms in total. The van der Waals surface area contributed by atoms with Crippen LogP contribution in [0.5, 0.6) is 0 Å². The average molecular weight is 354 g/mol. The van der Waals surface area contributed by atoms with Crippen LogP contribution < -0.4 is 10.0 Å². The summed E-state index contributed by atoms with van der Waals surface area (Å²) in [7, 11) is -3.88. The first kappa shape index (κ1) is 18.0. The summed E-state index contributed by atoms with van der Waals surface area (Å²) in [6.07, 6.45) is 0. The van der Waals surface area contributed by atoms with Crippen molar-refractivity contribution in [2.45, 2.75) is 18.7 Å². The second-order valence-corrected chi connectivity index (χ2v) is 7.00. The molecule has 0 atom stereocenters. The van der Waals surface area contributed by atoms with E-state index < -0.39 is 34.1 Å². The molecule has 0 aliphatic carbocycles. The second-order valence-electron chi connectivity index (χ2n) is 5.27. The molecular formula is C16H16F2N2O3S. The largest absolute Gasteiger partial charge is 0.322 e. The van der Waals surface area contributed by atoms with Gasteiger partial charge in [-0.1, -0.05) is 12.1 Å². The van der Waals surface area contributed by atoms with Crippen molar-refractivity contribution in [2.24, 2.45) is 0 Å². The van der Waals surface area contributed by atoms with E-state index in [1.807, 2.05) is 0 Å². The first-order valence-electron chi connectivity index (χ1n) is 7.01. The lowest BCUT2D eigenvalue weighted by atomic mass is 10.2. The summed E-state index contributed by atoms with van der Waals surface area (Å²) in [5.74, 6) is -2.49. The third-order valence-corrected chi connectivity index (χ3v) is 4.80. The van der Waals surface area contributed by atoms with Crippen LogP contribution in [0, 0.1) is 25.5 Å². The maximum absolute atomic E-state index is 13.5. The summed E-state index contributed by atoms with van der Waals surface area (Å²) in [6.45, 7) is 2.82. The molecule has 2 rings (SSSR count). The minimum absolute atomic E-state index is 0.0725. The molecule has 24 heavy (non-hydrogen) atoms. The predicted octanol–water partition coefficient (Wildman–Crippen LogP) is 2.50. The highest BCUT2D eigenvalue weighted by molar-refractivity contribution is 7.89. The SMILES string of the molecule is Cc1ccc(C)c(S(=O)(=O)NCC(=O)Nc2ccc(F)cc2F)c1. The monoisotopic (exact) mass is 354 g/mol. The molecule has 0 bridgehead atoms. The summed E-state index contributed by atoms with van der Waals surface area (Å²) < 4.78 is 52.9. The van der Waals surface area contributed by atoms with E-state index >= 15 is 0 Å². The second kappa shape index (κ2) is 7.06. The van der Waals surface area contributed by atoms with Crippen LogP contribution in [-0.2, 0) is 14.8 Å². The Hall–Kier alpha value is -2.32. The van der Waals surface area contributed by atoms with Crippen LogP contribution in [-0.4, -0.2) is 20.9 Å².